The molecule has 1 aromatic carbocycles. The molecule has 0 saturated carbocycles. The molecule has 1 amide bonds. The van der Waals surface area contributed by atoms with E-state index < -0.39 is 11.6 Å². The van der Waals surface area contributed by atoms with E-state index in [1.54, 1.807) is 13.2 Å². The highest BCUT2D eigenvalue weighted by Gasteiger charge is 2.62. The van der Waals surface area contributed by atoms with Gasteiger partial charge in [0, 0.05) is 46.0 Å². The number of halogens is 2. The molecule has 3 aliphatic heterocycles. The van der Waals surface area contributed by atoms with Crippen molar-refractivity contribution in [1.29, 1.82) is 0 Å². The van der Waals surface area contributed by atoms with Crippen LogP contribution in [0.5, 0.6) is 0 Å². The van der Waals surface area contributed by atoms with Crippen LogP contribution in [-0.4, -0.2) is 66.8 Å². The monoisotopic (exact) mass is 380 g/mol. The predicted octanol–water partition coefficient (Wildman–Crippen LogP) is 2.34. The van der Waals surface area contributed by atoms with E-state index in [1.807, 2.05) is 0 Å². The summed E-state index contributed by atoms with van der Waals surface area (Å²) in [7, 11) is 1.61. The van der Waals surface area contributed by atoms with Crippen molar-refractivity contribution in [2.75, 3.05) is 33.4 Å². The zero-order valence-electron chi connectivity index (χ0n) is 15.6. The second-order valence-corrected chi connectivity index (χ2v) is 7.80. The maximum absolute atomic E-state index is 13.4. The number of hydrogen-bond acceptors (Lipinski definition) is 4. The maximum atomic E-state index is 13.4. The van der Waals surface area contributed by atoms with Gasteiger partial charge in [-0.15, -0.1) is 0 Å². The van der Waals surface area contributed by atoms with Gasteiger partial charge in [0.2, 0.25) is 0 Å². The Bertz CT molecular complexity index is 700. The van der Waals surface area contributed by atoms with E-state index in [2.05, 4.69) is 9.80 Å². The van der Waals surface area contributed by atoms with Crippen molar-refractivity contribution in [1.82, 2.24) is 9.80 Å². The van der Waals surface area contributed by atoms with Gasteiger partial charge in [0.15, 0.2) is 17.7 Å². The third-order valence-corrected chi connectivity index (χ3v) is 6.34. The molecule has 3 aliphatic rings. The molecule has 3 fully saturated rings. The fraction of sp³-hybridized carbons (Fsp3) is 0.650. The highest BCUT2D eigenvalue weighted by Crippen LogP contribution is 2.45. The highest BCUT2D eigenvalue weighted by atomic mass is 19.2. The largest absolute Gasteiger partial charge is 0.381 e. The van der Waals surface area contributed by atoms with Crippen LogP contribution < -0.4 is 0 Å². The molecular weight excluding hydrogens is 354 g/mol. The Morgan fingerprint density at radius 2 is 1.89 bits per heavy atom. The molecule has 0 aromatic heterocycles. The van der Waals surface area contributed by atoms with Crippen LogP contribution in [0.4, 0.5) is 8.78 Å². The summed E-state index contributed by atoms with van der Waals surface area (Å²) in [5.41, 5.74) is 0.560. The Morgan fingerprint density at radius 3 is 2.52 bits per heavy atom. The Kier molecular flexibility index (Phi) is 5.18. The molecule has 3 saturated heterocycles. The summed E-state index contributed by atoms with van der Waals surface area (Å²) in [4.78, 5) is 17.0. The third-order valence-electron chi connectivity index (χ3n) is 6.34. The van der Waals surface area contributed by atoms with Crippen LogP contribution in [0.15, 0.2) is 18.2 Å². The SMILES string of the molecule is COC1C(=O)N(C2CCN(Cc3ccc(F)c(F)c3)CC2)C12CCOCC2. The number of ether oxygens (including phenoxy) is 2. The van der Waals surface area contributed by atoms with Gasteiger partial charge in [-0.2, -0.15) is 0 Å². The minimum atomic E-state index is -0.816. The number of carbonyl (C=O) groups excluding carboxylic acids is 1. The van der Waals surface area contributed by atoms with Gasteiger partial charge in [-0.3, -0.25) is 9.69 Å². The van der Waals surface area contributed by atoms with Crippen molar-refractivity contribution in [3.63, 3.8) is 0 Å². The standard InChI is InChI=1S/C20H26F2N2O3/c1-26-18-19(25)24(20(18)6-10-27-11-7-20)15-4-8-23(9-5-15)13-14-2-3-16(21)17(22)12-14/h2-3,12,15,18H,4-11,13H2,1H3. The van der Waals surface area contributed by atoms with Crippen molar-refractivity contribution in [2.45, 2.75) is 49.9 Å². The maximum Gasteiger partial charge on any atom is 0.254 e. The summed E-state index contributed by atoms with van der Waals surface area (Å²) in [6.07, 6.45) is 3.07. The molecule has 1 unspecified atom stereocenters. The van der Waals surface area contributed by atoms with Crippen LogP contribution in [-0.2, 0) is 20.8 Å². The van der Waals surface area contributed by atoms with Crippen molar-refractivity contribution in [2.24, 2.45) is 0 Å². The summed E-state index contributed by atoms with van der Waals surface area (Å²) >= 11 is 0. The van der Waals surface area contributed by atoms with Crippen LogP contribution in [0.3, 0.4) is 0 Å². The summed E-state index contributed by atoms with van der Waals surface area (Å²) in [5.74, 6) is -1.53. The summed E-state index contributed by atoms with van der Waals surface area (Å²) in [5, 5.41) is 0. The van der Waals surface area contributed by atoms with Crippen molar-refractivity contribution >= 4 is 5.91 Å². The van der Waals surface area contributed by atoms with Gasteiger partial charge in [-0.05, 0) is 43.4 Å². The zero-order valence-corrected chi connectivity index (χ0v) is 15.6. The number of carbonyl (C=O) groups is 1. The summed E-state index contributed by atoms with van der Waals surface area (Å²) < 4.78 is 37.5. The second-order valence-electron chi connectivity index (χ2n) is 7.80. The number of benzene rings is 1. The zero-order chi connectivity index (χ0) is 19.0. The highest BCUT2D eigenvalue weighted by molar-refractivity contribution is 5.90. The van der Waals surface area contributed by atoms with E-state index >= 15 is 0 Å². The van der Waals surface area contributed by atoms with Gasteiger partial charge in [-0.25, -0.2) is 8.78 Å². The van der Waals surface area contributed by atoms with E-state index in [4.69, 9.17) is 9.47 Å². The summed E-state index contributed by atoms with van der Waals surface area (Å²) in [6, 6.07) is 4.28. The lowest BCUT2D eigenvalue weighted by Crippen LogP contribution is -2.78. The molecule has 3 heterocycles. The molecule has 1 atom stereocenters. The average Bonchev–Trinajstić information content (AvgIpc) is 2.67. The topological polar surface area (TPSA) is 42.0 Å². The predicted molar refractivity (Wildman–Crippen MR) is 95.1 cm³/mol. The van der Waals surface area contributed by atoms with Gasteiger partial charge in [-0.1, -0.05) is 6.07 Å². The lowest BCUT2D eigenvalue weighted by Gasteiger charge is -2.61. The van der Waals surface area contributed by atoms with Gasteiger partial charge >= 0.3 is 0 Å². The first-order valence-electron chi connectivity index (χ1n) is 9.65. The molecule has 0 radical (unpaired) electrons. The van der Waals surface area contributed by atoms with Gasteiger partial charge in [0.05, 0.1) is 5.54 Å². The Balaban J connectivity index is 1.38. The minimum absolute atomic E-state index is 0.0958. The molecule has 27 heavy (non-hydrogen) atoms. The van der Waals surface area contributed by atoms with Gasteiger partial charge in [0.1, 0.15) is 0 Å². The van der Waals surface area contributed by atoms with E-state index in [1.165, 1.54) is 12.1 Å². The number of β-lactam (4-membered cyclic amide) rings is 1. The van der Waals surface area contributed by atoms with E-state index in [-0.39, 0.29) is 23.6 Å². The number of rotatable bonds is 4. The first kappa shape index (κ1) is 18.8. The molecular formula is C20H26F2N2O3. The number of piperidine rings is 1. The number of amides is 1. The van der Waals surface area contributed by atoms with Crippen molar-refractivity contribution < 1.29 is 23.0 Å². The van der Waals surface area contributed by atoms with Crippen LogP contribution in [0.2, 0.25) is 0 Å². The van der Waals surface area contributed by atoms with Crippen LogP contribution in [0.1, 0.15) is 31.2 Å². The smallest absolute Gasteiger partial charge is 0.254 e. The average molecular weight is 380 g/mol. The fourth-order valence-corrected chi connectivity index (χ4v) is 4.96. The van der Waals surface area contributed by atoms with E-state index in [0.717, 1.165) is 44.3 Å². The quantitative estimate of drug-likeness (QED) is 0.752. The van der Waals surface area contributed by atoms with E-state index in [9.17, 15) is 13.6 Å². The normalized spacial score (nSPS) is 26.4. The van der Waals surface area contributed by atoms with E-state index in [0.29, 0.717) is 19.8 Å². The lowest BCUT2D eigenvalue weighted by molar-refractivity contribution is -0.214. The molecule has 0 aliphatic carbocycles. The van der Waals surface area contributed by atoms with Crippen LogP contribution in [0, 0.1) is 11.6 Å². The number of hydrogen-bond donors (Lipinski definition) is 0. The minimum Gasteiger partial charge on any atom is -0.381 e. The van der Waals surface area contributed by atoms with Crippen molar-refractivity contribution in [3.05, 3.63) is 35.4 Å². The molecule has 0 N–H and O–H groups in total. The Hall–Kier alpha value is -1.57. The molecule has 1 spiro atoms. The third kappa shape index (κ3) is 3.26. The fourth-order valence-electron chi connectivity index (χ4n) is 4.96. The van der Waals surface area contributed by atoms with Crippen molar-refractivity contribution in [3.8, 4) is 0 Å². The molecule has 148 valence electrons. The first-order chi connectivity index (χ1) is 13.0. The molecule has 7 heteroatoms. The lowest BCUT2D eigenvalue weighted by atomic mass is 9.72. The van der Waals surface area contributed by atoms with Gasteiger partial charge in [0.25, 0.3) is 5.91 Å². The number of methoxy groups -OCH3 is 1. The second kappa shape index (κ2) is 7.45. The molecule has 1 aromatic rings. The number of likely N-dealkylation sites (tertiary alicyclic amines) is 2. The first-order valence-corrected chi connectivity index (χ1v) is 9.65. The number of nitrogens with zero attached hydrogens (tertiary/aromatic N) is 2. The molecule has 4 rings (SSSR count). The molecule has 0 bridgehead atoms. The van der Waals surface area contributed by atoms with Crippen LogP contribution in [0.25, 0.3) is 0 Å². The summed E-state index contributed by atoms with van der Waals surface area (Å²) in [6.45, 7) is 3.59. The van der Waals surface area contributed by atoms with Crippen LogP contribution >= 0.6 is 0 Å². The van der Waals surface area contributed by atoms with Gasteiger partial charge < -0.3 is 14.4 Å². The molecule has 5 nitrogen and oxygen atoms in total. The Morgan fingerprint density at radius 1 is 1.19 bits per heavy atom. The Labute approximate surface area is 158 Å².